The molecular formula is C15H22N2O2. The van der Waals surface area contributed by atoms with Gasteiger partial charge in [0.05, 0.1) is 7.11 Å². The molecule has 0 spiro atoms. The van der Waals surface area contributed by atoms with Crippen molar-refractivity contribution >= 4 is 12.1 Å². The molecule has 1 rings (SSSR count). The summed E-state index contributed by atoms with van der Waals surface area (Å²) in [4.78, 5) is 11.4. The number of carbonyl (C=O) groups is 1. The minimum atomic E-state index is -0.166. The number of benzene rings is 1. The van der Waals surface area contributed by atoms with E-state index in [0.29, 0.717) is 0 Å². The third-order valence-corrected chi connectivity index (χ3v) is 2.67. The van der Waals surface area contributed by atoms with Crippen molar-refractivity contribution in [3.63, 3.8) is 0 Å². The van der Waals surface area contributed by atoms with E-state index < -0.39 is 0 Å². The van der Waals surface area contributed by atoms with Gasteiger partial charge in [0.1, 0.15) is 5.75 Å². The van der Waals surface area contributed by atoms with Gasteiger partial charge in [-0.05, 0) is 30.2 Å². The lowest BCUT2D eigenvalue weighted by molar-refractivity contribution is 0.244. The Morgan fingerprint density at radius 1 is 1.26 bits per heavy atom. The quantitative estimate of drug-likeness (QED) is 0.742. The minimum Gasteiger partial charge on any atom is -0.497 e. The number of ether oxygens (including phenoxy) is 1. The molecule has 19 heavy (non-hydrogen) atoms. The van der Waals surface area contributed by atoms with Gasteiger partial charge in [0.25, 0.3) is 0 Å². The van der Waals surface area contributed by atoms with Crippen LogP contribution in [0.25, 0.3) is 6.08 Å². The molecule has 0 aliphatic rings. The lowest BCUT2D eigenvalue weighted by Crippen LogP contribution is -2.32. The van der Waals surface area contributed by atoms with E-state index in [1.165, 1.54) is 0 Å². The summed E-state index contributed by atoms with van der Waals surface area (Å²) >= 11 is 0. The van der Waals surface area contributed by atoms with Gasteiger partial charge in [0.2, 0.25) is 0 Å². The molecule has 0 aliphatic carbocycles. The largest absolute Gasteiger partial charge is 0.497 e. The molecular weight excluding hydrogens is 240 g/mol. The van der Waals surface area contributed by atoms with Crippen LogP contribution in [-0.2, 0) is 0 Å². The molecule has 0 aliphatic heterocycles. The van der Waals surface area contributed by atoms with E-state index in [0.717, 1.165) is 37.1 Å². The van der Waals surface area contributed by atoms with Crippen LogP contribution in [-0.4, -0.2) is 19.7 Å². The van der Waals surface area contributed by atoms with Crippen LogP contribution in [0.3, 0.4) is 0 Å². The third kappa shape index (κ3) is 6.50. The molecule has 2 amide bonds. The van der Waals surface area contributed by atoms with E-state index in [-0.39, 0.29) is 6.03 Å². The summed E-state index contributed by atoms with van der Waals surface area (Å²) in [6.07, 6.45) is 6.79. The normalized spacial score (nSPS) is 10.4. The fraction of sp³-hybridized carbons (Fsp3) is 0.400. The van der Waals surface area contributed by atoms with E-state index >= 15 is 0 Å². The Hall–Kier alpha value is -1.97. The van der Waals surface area contributed by atoms with Crippen LogP contribution in [0.15, 0.2) is 30.5 Å². The average Bonchev–Trinajstić information content (AvgIpc) is 2.44. The van der Waals surface area contributed by atoms with Crippen LogP contribution in [0, 0.1) is 0 Å². The lowest BCUT2D eigenvalue weighted by Gasteiger charge is -2.03. The molecule has 0 saturated carbocycles. The topological polar surface area (TPSA) is 50.4 Å². The number of unbranched alkanes of at least 4 members (excludes halogenated alkanes) is 2. The summed E-state index contributed by atoms with van der Waals surface area (Å²) < 4.78 is 5.07. The number of hydrogen-bond donors (Lipinski definition) is 2. The van der Waals surface area contributed by atoms with Crippen molar-refractivity contribution in [3.05, 3.63) is 36.0 Å². The minimum absolute atomic E-state index is 0.166. The standard InChI is InChI=1S/C15H22N2O2/c1-3-4-5-11-16-15(18)17-12-10-13-6-8-14(19-2)9-7-13/h6-10,12H,3-5,11H2,1-2H3,(H2,16,17,18)/b12-10+. The zero-order valence-corrected chi connectivity index (χ0v) is 11.6. The first-order valence-corrected chi connectivity index (χ1v) is 6.61. The smallest absolute Gasteiger partial charge is 0.318 e. The number of rotatable bonds is 7. The summed E-state index contributed by atoms with van der Waals surface area (Å²) in [6, 6.07) is 7.45. The van der Waals surface area contributed by atoms with E-state index in [2.05, 4.69) is 17.6 Å². The number of methoxy groups -OCH3 is 1. The summed E-state index contributed by atoms with van der Waals surface area (Å²) in [5.41, 5.74) is 1.01. The van der Waals surface area contributed by atoms with Gasteiger partial charge in [-0.25, -0.2) is 4.79 Å². The Morgan fingerprint density at radius 2 is 2.00 bits per heavy atom. The van der Waals surface area contributed by atoms with Gasteiger partial charge in [-0.15, -0.1) is 0 Å². The number of carbonyl (C=O) groups excluding carboxylic acids is 1. The molecule has 0 bridgehead atoms. The van der Waals surface area contributed by atoms with Crippen LogP contribution in [0.2, 0.25) is 0 Å². The van der Waals surface area contributed by atoms with Gasteiger partial charge in [0, 0.05) is 12.7 Å². The van der Waals surface area contributed by atoms with Crippen molar-refractivity contribution in [1.82, 2.24) is 10.6 Å². The predicted molar refractivity (Wildman–Crippen MR) is 78.1 cm³/mol. The van der Waals surface area contributed by atoms with Crippen LogP contribution < -0.4 is 15.4 Å². The Balaban J connectivity index is 2.26. The molecule has 4 heteroatoms. The maximum Gasteiger partial charge on any atom is 0.318 e. The molecule has 104 valence electrons. The molecule has 4 nitrogen and oxygen atoms in total. The maximum atomic E-state index is 11.4. The second kappa shape index (κ2) is 9.03. The molecule has 2 N–H and O–H groups in total. The van der Waals surface area contributed by atoms with E-state index in [1.54, 1.807) is 13.3 Å². The lowest BCUT2D eigenvalue weighted by atomic mass is 10.2. The second-order valence-corrected chi connectivity index (χ2v) is 4.21. The third-order valence-electron chi connectivity index (χ3n) is 2.67. The predicted octanol–water partition coefficient (Wildman–Crippen LogP) is 3.16. The van der Waals surface area contributed by atoms with Crippen molar-refractivity contribution in [2.75, 3.05) is 13.7 Å². The summed E-state index contributed by atoms with van der Waals surface area (Å²) in [7, 11) is 1.63. The highest BCUT2D eigenvalue weighted by molar-refractivity contribution is 5.75. The van der Waals surface area contributed by atoms with Crippen LogP contribution >= 0.6 is 0 Å². The van der Waals surface area contributed by atoms with Crippen LogP contribution in [0.1, 0.15) is 31.7 Å². The van der Waals surface area contributed by atoms with Crippen LogP contribution in [0.5, 0.6) is 5.75 Å². The molecule has 0 radical (unpaired) electrons. The number of hydrogen-bond acceptors (Lipinski definition) is 2. The molecule has 0 saturated heterocycles. The van der Waals surface area contributed by atoms with Crippen molar-refractivity contribution in [3.8, 4) is 5.75 Å². The van der Waals surface area contributed by atoms with E-state index in [4.69, 9.17) is 4.74 Å². The van der Waals surface area contributed by atoms with Crippen molar-refractivity contribution in [1.29, 1.82) is 0 Å². The second-order valence-electron chi connectivity index (χ2n) is 4.21. The zero-order valence-electron chi connectivity index (χ0n) is 11.6. The highest BCUT2D eigenvalue weighted by Crippen LogP contribution is 2.11. The molecule has 0 atom stereocenters. The monoisotopic (exact) mass is 262 g/mol. The fourth-order valence-corrected chi connectivity index (χ4v) is 1.56. The van der Waals surface area contributed by atoms with Crippen LogP contribution in [0.4, 0.5) is 4.79 Å². The highest BCUT2D eigenvalue weighted by Gasteiger charge is 1.95. The number of nitrogens with one attached hydrogen (secondary N) is 2. The van der Waals surface area contributed by atoms with Gasteiger partial charge >= 0.3 is 6.03 Å². The van der Waals surface area contributed by atoms with Crippen molar-refractivity contribution in [2.24, 2.45) is 0 Å². The van der Waals surface area contributed by atoms with Gasteiger partial charge in [-0.3, -0.25) is 0 Å². The first-order valence-electron chi connectivity index (χ1n) is 6.61. The Morgan fingerprint density at radius 3 is 2.63 bits per heavy atom. The van der Waals surface area contributed by atoms with Gasteiger partial charge in [0.15, 0.2) is 0 Å². The first kappa shape index (κ1) is 15.1. The van der Waals surface area contributed by atoms with E-state index in [1.807, 2.05) is 30.3 Å². The van der Waals surface area contributed by atoms with Gasteiger partial charge < -0.3 is 15.4 Å². The van der Waals surface area contributed by atoms with Crippen molar-refractivity contribution in [2.45, 2.75) is 26.2 Å². The zero-order chi connectivity index (χ0) is 13.9. The average molecular weight is 262 g/mol. The maximum absolute atomic E-state index is 11.4. The van der Waals surface area contributed by atoms with E-state index in [9.17, 15) is 4.79 Å². The van der Waals surface area contributed by atoms with Gasteiger partial charge in [-0.1, -0.05) is 31.9 Å². The summed E-state index contributed by atoms with van der Waals surface area (Å²) in [6.45, 7) is 2.85. The fourth-order valence-electron chi connectivity index (χ4n) is 1.56. The SMILES string of the molecule is CCCCCNC(=O)N/C=C/c1ccc(OC)cc1. The molecule has 0 fully saturated rings. The molecule has 1 aromatic carbocycles. The van der Waals surface area contributed by atoms with Crippen molar-refractivity contribution < 1.29 is 9.53 Å². The summed E-state index contributed by atoms with van der Waals surface area (Å²) in [5.74, 6) is 0.818. The Bertz CT molecular complexity index is 399. The Kier molecular flexibility index (Phi) is 7.17. The van der Waals surface area contributed by atoms with Gasteiger partial charge in [-0.2, -0.15) is 0 Å². The number of amides is 2. The molecule has 1 aromatic rings. The first-order chi connectivity index (χ1) is 9.26. The molecule has 0 aromatic heterocycles. The summed E-state index contributed by atoms with van der Waals surface area (Å²) in [5, 5.41) is 5.48. The highest BCUT2D eigenvalue weighted by atomic mass is 16.5. The molecule has 0 heterocycles. The Labute approximate surface area is 114 Å². The number of urea groups is 1. The molecule has 0 unspecified atom stereocenters.